The quantitative estimate of drug-likeness (QED) is 0.840. The van der Waals surface area contributed by atoms with Crippen LogP contribution >= 0.6 is 0 Å². The first kappa shape index (κ1) is 11.7. The van der Waals surface area contributed by atoms with Crippen LogP contribution < -0.4 is 0 Å². The molecule has 1 aliphatic rings. The van der Waals surface area contributed by atoms with E-state index in [0.717, 1.165) is 22.3 Å². The SMILES string of the molecule is N#CCC1(O)c2ccccc2C=Cc2ccccc21. The summed E-state index contributed by atoms with van der Waals surface area (Å²) in [6.45, 7) is 0. The Balaban J connectivity index is 2.34. The zero-order valence-electron chi connectivity index (χ0n) is 10.4. The Hall–Kier alpha value is -2.37. The molecule has 92 valence electrons. The van der Waals surface area contributed by atoms with Gasteiger partial charge in [0.1, 0.15) is 5.60 Å². The van der Waals surface area contributed by atoms with Crippen LogP contribution in [0.5, 0.6) is 0 Å². The van der Waals surface area contributed by atoms with Crippen molar-refractivity contribution in [1.29, 1.82) is 5.26 Å². The maximum atomic E-state index is 11.1. The summed E-state index contributed by atoms with van der Waals surface area (Å²) in [7, 11) is 0. The van der Waals surface area contributed by atoms with Gasteiger partial charge in [-0.05, 0) is 22.3 Å². The highest BCUT2D eigenvalue weighted by atomic mass is 16.3. The number of rotatable bonds is 1. The first-order chi connectivity index (χ1) is 9.25. The number of hydrogen-bond donors (Lipinski definition) is 1. The van der Waals surface area contributed by atoms with E-state index in [9.17, 15) is 5.11 Å². The molecule has 0 aliphatic heterocycles. The lowest BCUT2D eigenvalue weighted by Crippen LogP contribution is -2.28. The van der Waals surface area contributed by atoms with E-state index in [1.54, 1.807) is 0 Å². The molecule has 2 aromatic carbocycles. The maximum Gasteiger partial charge on any atom is 0.129 e. The number of benzene rings is 2. The Morgan fingerprint density at radius 2 is 1.37 bits per heavy atom. The van der Waals surface area contributed by atoms with E-state index >= 15 is 0 Å². The predicted molar refractivity (Wildman–Crippen MR) is 75.0 cm³/mol. The molecule has 0 saturated carbocycles. The average molecular weight is 247 g/mol. The van der Waals surface area contributed by atoms with Crippen molar-refractivity contribution in [3.63, 3.8) is 0 Å². The Morgan fingerprint density at radius 3 is 1.84 bits per heavy atom. The van der Waals surface area contributed by atoms with Gasteiger partial charge in [-0.3, -0.25) is 0 Å². The highest BCUT2D eigenvalue weighted by Gasteiger charge is 2.35. The Kier molecular flexibility index (Phi) is 2.70. The van der Waals surface area contributed by atoms with Gasteiger partial charge in [0.2, 0.25) is 0 Å². The molecule has 0 fully saturated rings. The molecule has 2 heteroatoms. The Labute approximate surface area is 112 Å². The van der Waals surface area contributed by atoms with E-state index in [-0.39, 0.29) is 6.42 Å². The van der Waals surface area contributed by atoms with Crippen molar-refractivity contribution in [2.24, 2.45) is 0 Å². The molecule has 0 atom stereocenters. The van der Waals surface area contributed by atoms with E-state index in [1.807, 2.05) is 60.7 Å². The lowest BCUT2D eigenvalue weighted by Gasteiger charge is -2.28. The second-order valence-electron chi connectivity index (χ2n) is 4.70. The van der Waals surface area contributed by atoms with Crippen LogP contribution in [0.3, 0.4) is 0 Å². The zero-order valence-corrected chi connectivity index (χ0v) is 10.4. The molecule has 0 aromatic heterocycles. The van der Waals surface area contributed by atoms with Gasteiger partial charge in [-0.15, -0.1) is 0 Å². The van der Waals surface area contributed by atoms with Crippen LogP contribution in [0.1, 0.15) is 28.7 Å². The van der Waals surface area contributed by atoms with Gasteiger partial charge in [0.25, 0.3) is 0 Å². The van der Waals surface area contributed by atoms with Crippen molar-refractivity contribution < 1.29 is 5.11 Å². The van der Waals surface area contributed by atoms with Crippen LogP contribution in [0, 0.1) is 11.3 Å². The summed E-state index contributed by atoms with van der Waals surface area (Å²) in [5, 5.41) is 20.2. The summed E-state index contributed by atoms with van der Waals surface area (Å²) < 4.78 is 0. The fraction of sp³-hybridized carbons (Fsp3) is 0.118. The van der Waals surface area contributed by atoms with Gasteiger partial charge in [0.15, 0.2) is 0 Å². The van der Waals surface area contributed by atoms with Gasteiger partial charge in [-0.25, -0.2) is 0 Å². The van der Waals surface area contributed by atoms with Crippen LogP contribution in [0.15, 0.2) is 48.5 Å². The third-order valence-electron chi connectivity index (χ3n) is 3.59. The lowest BCUT2D eigenvalue weighted by molar-refractivity contribution is 0.0858. The number of nitriles is 1. The number of nitrogens with zero attached hydrogens (tertiary/aromatic N) is 1. The molecule has 0 spiro atoms. The molecule has 1 N–H and O–H groups in total. The molecule has 0 amide bonds. The van der Waals surface area contributed by atoms with E-state index in [2.05, 4.69) is 6.07 Å². The Bertz CT molecular complexity index is 645. The van der Waals surface area contributed by atoms with E-state index in [0.29, 0.717) is 0 Å². The topological polar surface area (TPSA) is 44.0 Å². The second-order valence-corrected chi connectivity index (χ2v) is 4.70. The van der Waals surface area contributed by atoms with Gasteiger partial charge in [-0.1, -0.05) is 60.7 Å². The number of aliphatic hydroxyl groups is 1. The monoisotopic (exact) mass is 247 g/mol. The fourth-order valence-electron chi connectivity index (χ4n) is 2.67. The highest BCUT2D eigenvalue weighted by molar-refractivity contribution is 5.77. The third kappa shape index (κ3) is 1.76. The van der Waals surface area contributed by atoms with Crippen LogP contribution in [0.2, 0.25) is 0 Å². The molecule has 19 heavy (non-hydrogen) atoms. The van der Waals surface area contributed by atoms with E-state index in [4.69, 9.17) is 5.26 Å². The normalized spacial score (nSPS) is 14.9. The van der Waals surface area contributed by atoms with E-state index < -0.39 is 5.60 Å². The van der Waals surface area contributed by atoms with Gasteiger partial charge in [-0.2, -0.15) is 5.26 Å². The van der Waals surface area contributed by atoms with Crippen LogP contribution in [-0.2, 0) is 5.60 Å². The van der Waals surface area contributed by atoms with Gasteiger partial charge in [0.05, 0.1) is 12.5 Å². The molecule has 0 radical (unpaired) electrons. The number of fused-ring (bicyclic) bond motifs is 2. The Morgan fingerprint density at radius 1 is 0.895 bits per heavy atom. The molecule has 0 saturated heterocycles. The summed E-state index contributed by atoms with van der Waals surface area (Å²) in [6, 6.07) is 17.5. The molecule has 0 unspecified atom stereocenters. The van der Waals surface area contributed by atoms with Crippen LogP contribution in [0.4, 0.5) is 0 Å². The molecule has 0 bridgehead atoms. The van der Waals surface area contributed by atoms with Crippen LogP contribution in [0.25, 0.3) is 12.2 Å². The smallest absolute Gasteiger partial charge is 0.129 e. The highest BCUT2D eigenvalue weighted by Crippen LogP contribution is 2.39. The molecule has 1 aliphatic carbocycles. The van der Waals surface area contributed by atoms with Gasteiger partial charge >= 0.3 is 0 Å². The van der Waals surface area contributed by atoms with Crippen LogP contribution in [-0.4, -0.2) is 5.11 Å². The summed E-state index contributed by atoms with van der Waals surface area (Å²) in [5.41, 5.74) is 2.24. The molecule has 0 heterocycles. The standard InChI is InChI=1S/C17H13NO/c18-12-11-17(19)15-7-3-1-5-13(15)9-10-14-6-2-4-8-16(14)17/h1-10,19H,11H2. The zero-order chi connectivity index (χ0) is 13.3. The molecule has 2 nitrogen and oxygen atoms in total. The van der Waals surface area contributed by atoms with Crippen molar-refractivity contribution in [1.82, 2.24) is 0 Å². The third-order valence-corrected chi connectivity index (χ3v) is 3.59. The first-order valence-electron chi connectivity index (χ1n) is 6.22. The van der Waals surface area contributed by atoms with Crippen molar-refractivity contribution in [2.75, 3.05) is 0 Å². The summed E-state index contributed by atoms with van der Waals surface area (Å²) >= 11 is 0. The lowest BCUT2D eigenvalue weighted by atomic mass is 9.81. The fourth-order valence-corrected chi connectivity index (χ4v) is 2.67. The van der Waals surface area contributed by atoms with E-state index in [1.165, 1.54) is 0 Å². The van der Waals surface area contributed by atoms with Crippen molar-refractivity contribution in [3.8, 4) is 6.07 Å². The average Bonchev–Trinajstić information content (AvgIpc) is 2.57. The number of hydrogen-bond acceptors (Lipinski definition) is 2. The summed E-state index contributed by atoms with van der Waals surface area (Å²) in [4.78, 5) is 0. The minimum atomic E-state index is -1.24. The molecule has 2 aromatic rings. The molecular weight excluding hydrogens is 234 g/mol. The maximum absolute atomic E-state index is 11.1. The van der Waals surface area contributed by atoms with Crippen molar-refractivity contribution in [3.05, 3.63) is 70.8 Å². The summed E-state index contributed by atoms with van der Waals surface area (Å²) in [5.74, 6) is 0. The first-order valence-corrected chi connectivity index (χ1v) is 6.22. The van der Waals surface area contributed by atoms with Gasteiger partial charge < -0.3 is 5.11 Å². The largest absolute Gasteiger partial charge is 0.379 e. The minimum Gasteiger partial charge on any atom is -0.379 e. The van der Waals surface area contributed by atoms with Crippen molar-refractivity contribution in [2.45, 2.75) is 12.0 Å². The van der Waals surface area contributed by atoms with Gasteiger partial charge in [0, 0.05) is 0 Å². The summed E-state index contributed by atoms with van der Waals surface area (Å²) in [6.07, 6.45) is 4.02. The minimum absolute atomic E-state index is 0.0444. The molecule has 3 rings (SSSR count). The predicted octanol–water partition coefficient (Wildman–Crippen LogP) is 3.32. The molecular formula is C17H13NO. The second kappa shape index (κ2) is 4.38. The van der Waals surface area contributed by atoms with Crippen molar-refractivity contribution >= 4 is 12.2 Å².